The lowest BCUT2D eigenvalue weighted by molar-refractivity contribution is 0.862. The SMILES string of the molecule is C(=C1/CCNC1)/c1cscn1. The van der Waals surface area contributed by atoms with Gasteiger partial charge in [0.05, 0.1) is 11.2 Å². The fourth-order valence-electron chi connectivity index (χ4n) is 1.21. The summed E-state index contributed by atoms with van der Waals surface area (Å²) in [7, 11) is 0. The summed E-state index contributed by atoms with van der Waals surface area (Å²) >= 11 is 1.65. The van der Waals surface area contributed by atoms with Crippen molar-refractivity contribution < 1.29 is 0 Å². The van der Waals surface area contributed by atoms with Crippen LogP contribution < -0.4 is 5.32 Å². The standard InChI is InChI=1S/C8H10N2S/c1-2-9-4-7(1)3-8-5-11-6-10-8/h3,5-6,9H,1-2,4H2/b7-3+. The minimum atomic E-state index is 1.04. The first-order valence-electron chi connectivity index (χ1n) is 3.73. The van der Waals surface area contributed by atoms with E-state index >= 15 is 0 Å². The quantitative estimate of drug-likeness (QED) is 0.684. The van der Waals surface area contributed by atoms with Crippen LogP contribution in [0.2, 0.25) is 0 Å². The maximum atomic E-state index is 4.19. The molecular formula is C8H10N2S. The Morgan fingerprint density at radius 3 is 3.27 bits per heavy atom. The molecule has 3 heteroatoms. The minimum absolute atomic E-state index is 1.04. The summed E-state index contributed by atoms with van der Waals surface area (Å²) in [6.07, 6.45) is 3.36. The molecule has 2 nitrogen and oxygen atoms in total. The molecule has 11 heavy (non-hydrogen) atoms. The van der Waals surface area contributed by atoms with Crippen LogP contribution in [0, 0.1) is 0 Å². The maximum absolute atomic E-state index is 4.19. The Morgan fingerprint density at radius 2 is 2.64 bits per heavy atom. The van der Waals surface area contributed by atoms with Gasteiger partial charge < -0.3 is 5.32 Å². The van der Waals surface area contributed by atoms with Crippen LogP contribution in [0.5, 0.6) is 0 Å². The van der Waals surface area contributed by atoms with Crippen LogP contribution in [0.1, 0.15) is 12.1 Å². The monoisotopic (exact) mass is 166 g/mol. The normalized spacial score (nSPS) is 21.3. The van der Waals surface area contributed by atoms with E-state index in [1.807, 2.05) is 5.51 Å². The Hall–Kier alpha value is -0.670. The van der Waals surface area contributed by atoms with Crippen molar-refractivity contribution in [3.8, 4) is 0 Å². The third-order valence-corrected chi connectivity index (χ3v) is 2.38. The Labute approximate surface area is 70.0 Å². The summed E-state index contributed by atoms with van der Waals surface area (Å²) in [6, 6.07) is 0. The van der Waals surface area contributed by atoms with Gasteiger partial charge in [0, 0.05) is 11.9 Å². The third kappa shape index (κ3) is 1.67. The smallest absolute Gasteiger partial charge is 0.0798 e. The molecule has 1 aromatic heterocycles. The predicted octanol–water partition coefficient (Wildman–Crippen LogP) is 1.52. The van der Waals surface area contributed by atoms with Crippen molar-refractivity contribution in [2.24, 2.45) is 0 Å². The van der Waals surface area contributed by atoms with Crippen molar-refractivity contribution in [1.82, 2.24) is 10.3 Å². The molecule has 1 aromatic rings. The predicted molar refractivity (Wildman–Crippen MR) is 47.6 cm³/mol. The first kappa shape index (κ1) is 7.00. The fourth-order valence-corrected chi connectivity index (χ4v) is 1.72. The number of hydrogen-bond acceptors (Lipinski definition) is 3. The molecule has 1 saturated heterocycles. The number of rotatable bonds is 1. The first-order chi connectivity index (χ1) is 5.45. The van der Waals surface area contributed by atoms with Crippen LogP contribution in [-0.2, 0) is 0 Å². The molecule has 2 rings (SSSR count). The van der Waals surface area contributed by atoms with Crippen molar-refractivity contribution in [1.29, 1.82) is 0 Å². The van der Waals surface area contributed by atoms with Crippen LogP contribution in [0.4, 0.5) is 0 Å². The molecule has 1 aliphatic rings. The second kappa shape index (κ2) is 3.15. The van der Waals surface area contributed by atoms with E-state index in [4.69, 9.17) is 0 Å². The van der Waals surface area contributed by atoms with Gasteiger partial charge in [-0.05, 0) is 19.0 Å². The number of thiazole rings is 1. The van der Waals surface area contributed by atoms with E-state index < -0.39 is 0 Å². The summed E-state index contributed by atoms with van der Waals surface area (Å²) in [6.45, 7) is 2.16. The zero-order chi connectivity index (χ0) is 7.52. The van der Waals surface area contributed by atoms with Gasteiger partial charge in [-0.2, -0.15) is 0 Å². The average Bonchev–Trinajstić information content (AvgIpc) is 2.60. The topological polar surface area (TPSA) is 24.9 Å². The molecule has 0 bridgehead atoms. The van der Waals surface area contributed by atoms with E-state index in [2.05, 4.69) is 21.8 Å². The maximum Gasteiger partial charge on any atom is 0.0798 e. The van der Waals surface area contributed by atoms with E-state index in [0.717, 1.165) is 18.8 Å². The molecular weight excluding hydrogens is 156 g/mol. The van der Waals surface area contributed by atoms with E-state index in [-0.39, 0.29) is 0 Å². The number of nitrogens with one attached hydrogen (secondary N) is 1. The van der Waals surface area contributed by atoms with Gasteiger partial charge in [-0.15, -0.1) is 11.3 Å². The Morgan fingerprint density at radius 1 is 1.64 bits per heavy atom. The van der Waals surface area contributed by atoms with Gasteiger partial charge in [-0.3, -0.25) is 0 Å². The third-order valence-electron chi connectivity index (χ3n) is 1.78. The van der Waals surface area contributed by atoms with Gasteiger partial charge in [0.15, 0.2) is 0 Å². The highest BCUT2D eigenvalue weighted by Gasteiger charge is 2.04. The van der Waals surface area contributed by atoms with E-state index in [1.165, 1.54) is 12.0 Å². The molecule has 0 spiro atoms. The van der Waals surface area contributed by atoms with Crippen LogP contribution >= 0.6 is 11.3 Å². The van der Waals surface area contributed by atoms with Crippen molar-refractivity contribution in [2.75, 3.05) is 13.1 Å². The van der Waals surface area contributed by atoms with Crippen LogP contribution in [0.15, 0.2) is 16.5 Å². The van der Waals surface area contributed by atoms with Crippen molar-refractivity contribution in [3.63, 3.8) is 0 Å². The summed E-state index contributed by atoms with van der Waals surface area (Å²) in [4.78, 5) is 4.19. The van der Waals surface area contributed by atoms with E-state index in [0.29, 0.717) is 0 Å². The molecule has 0 unspecified atom stereocenters. The summed E-state index contributed by atoms with van der Waals surface area (Å²) < 4.78 is 0. The lowest BCUT2D eigenvalue weighted by Crippen LogP contribution is -2.04. The van der Waals surface area contributed by atoms with Crippen molar-refractivity contribution >= 4 is 17.4 Å². The summed E-state index contributed by atoms with van der Waals surface area (Å²) in [5, 5.41) is 5.37. The van der Waals surface area contributed by atoms with Crippen LogP contribution in [-0.4, -0.2) is 18.1 Å². The summed E-state index contributed by atoms with van der Waals surface area (Å²) in [5.41, 5.74) is 4.44. The molecule has 0 atom stereocenters. The Bertz CT molecular complexity index is 243. The molecule has 1 fully saturated rings. The Balaban J connectivity index is 2.13. The lowest BCUT2D eigenvalue weighted by atomic mass is 10.2. The van der Waals surface area contributed by atoms with Gasteiger partial charge in [0.2, 0.25) is 0 Å². The van der Waals surface area contributed by atoms with E-state index in [9.17, 15) is 0 Å². The lowest BCUT2D eigenvalue weighted by Gasteiger charge is -1.90. The number of aromatic nitrogens is 1. The first-order valence-corrected chi connectivity index (χ1v) is 4.68. The highest BCUT2D eigenvalue weighted by Crippen LogP contribution is 2.11. The Kier molecular flexibility index (Phi) is 2.01. The van der Waals surface area contributed by atoms with Crippen LogP contribution in [0.25, 0.3) is 6.08 Å². The van der Waals surface area contributed by atoms with E-state index in [1.54, 1.807) is 11.3 Å². The minimum Gasteiger partial charge on any atom is -0.313 e. The summed E-state index contributed by atoms with van der Waals surface area (Å²) in [5.74, 6) is 0. The second-order valence-corrected chi connectivity index (χ2v) is 3.36. The number of nitrogens with zero attached hydrogens (tertiary/aromatic N) is 1. The zero-order valence-electron chi connectivity index (χ0n) is 6.21. The molecule has 58 valence electrons. The highest BCUT2D eigenvalue weighted by molar-refractivity contribution is 7.07. The average molecular weight is 166 g/mol. The molecule has 0 radical (unpaired) electrons. The zero-order valence-corrected chi connectivity index (χ0v) is 7.03. The van der Waals surface area contributed by atoms with Gasteiger partial charge in [0.1, 0.15) is 0 Å². The molecule has 1 N–H and O–H groups in total. The molecule has 0 amide bonds. The fraction of sp³-hybridized carbons (Fsp3) is 0.375. The van der Waals surface area contributed by atoms with Gasteiger partial charge in [-0.25, -0.2) is 4.98 Å². The van der Waals surface area contributed by atoms with Crippen molar-refractivity contribution in [2.45, 2.75) is 6.42 Å². The number of hydrogen-bond donors (Lipinski definition) is 1. The van der Waals surface area contributed by atoms with Gasteiger partial charge in [0.25, 0.3) is 0 Å². The molecule has 0 aliphatic carbocycles. The molecule has 2 heterocycles. The molecule has 0 aromatic carbocycles. The van der Waals surface area contributed by atoms with Crippen LogP contribution in [0.3, 0.4) is 0 Å². The second-order valence-electron chi connectivity index (χ2n) is 2.64. The van der Waals surface area contributed by atoms with Gasteiger partial charge in [-0.1, -0.05) is 5.57 Å². The highest BCUT2D eigenvalue weighted by atomic mass is 32.1. The molecule has 0 saturated carbocycles. The molecule has 1 aliphatic heterocycles. The van der Waals surface area contributed by atoms with Crippen molar-refractivity contribution in [3.05, 3.63) is 22.2 Å². The van der Waals surface area contributed by atoms with Gasteiger partial charge >= 0.3 is 0 Å². The largest absolute Gasteiger partial charge is 0.313 e.